The number of hydrogen-bond acceptors (Lipinski definition) is 10. The van der Waals surface area contributed by atoms with E-state index >= 15 is 0 Å². The fourth-order valence-electron chi connectivity index (χ4n) is 4.44. The second-order valence-corrected chi connectivity index (χ2v) is 11.1. The van der Waals surface area contributed by atoms with Gasteiger partial charge >= 0.3 is 11.9 Å². The van der Waals surface area contributed by atoms with Crippen LogP contribution in [-0.4, -0.2) is 96.6 Å². The zero-order valence-electron chi connectivity index (χ0n) is 18.1. The number of nitrogens with one attached hydrogen (secondary N) is 1. The van der Waals surface area contributed by atoms with Gasteiger partial charge in [0.25, 0.3) is 0 Å². The summed E-state index contributed by atoms with van der Waals surface area (Å²) in [5.41, 5.74) is 0.225. The number of aromatic carboxylic acids is 1. The monoisotopic (exact) mass is 548 g/mol. The van der Waals surface area contributed by atoms with Crippen molar-refractivity contribution in [2.45, 2.75) is 50.0 Å². The molecule has 33 heavy (non-hydrogen) atoms. The molecule has 3 fully saturated rings. The van der Waals surface area contributed by atoms with E-state index in [1.165, 1.54) is 17.5 Å². The van der Waals surface area contributed by atoms with E-state index < -0.39 is 46.2 Å². The van der Waals surface area contributed by atoms with E-state index in [1.807, 2.05) is 0 Å². The Balaban J connectivity index is 1.55. The third-order valence-electron chi connectivity index (χ3n) is 6.01. The predicted octanol–water partition coefficient (Wildman–Crippen LogP) is 0.586. The molecule has 3 saturated heterocycles. The quantitative estimate of drug-likeness (QED) is 0.479. The van der Waals surface area contributed by atoms with E-state index in [9.17, 15) is 23.1 Å². The van der Waals surface area contributed by atoms with E-state index in [4.69, 9.17) is 14.2 Å². The minimum atomic E-state index is -3.25. The second-order valence-electron chi connectivity index (χ2n) is 8.33. The summed E-state index contributed by atoms with van der Waals surface area (Å²) in [6, 6.07) is -0.109. The Morgan fingerprint density at radius 2 is 1.85 bits per heavy atom. The highest BCUT2D eigenvalue weighted by molar-refractivity contribution is 9.10. The van der Waals surface area contributed by atoms with Gasteiger partial charge in [0.2, 0.25) is 16.0 Å². The molecule has 1 aromatic rings. The molecule has 14 heteroatoms. The zero-order chi connectivity index (χ0) is 23.9. The number of fused-ring (bicyclic) bond motifs is 1. The highest BCUT2D eigenvalue weighted by Gasteiger charge is 2.51. The normalized spacial score (nSPS) is 28.5. The summed E-state index contributed by atoms with van der Waals surface area (Å²) in [4.78, 5) is 31.9. The van der Waals surface area contributed by atoms with Crippen LogP contribution in [0.25, 0.3) is 0 Å². The number of piperidine rings is 1. The maximum Gasteiger partial charge on any atom is 0.355 e. The van der Waals surface area contributed by atoms with Crippen LogP contribution in [-0.2, 0) is 29.0 Å². The Morgan fingerprint density at radius 3 is 2.45 bits per heavy atom. The largest absolute Gasteiger partial charge is 0.476 e. The van der Waals surface area contributed by atoms with Crippen LogP contribution in [0.3, 0.4) is 0 Å². The van der Waals surface area contributed by atoms with Gasteiger partial charge < -0.3 is 24.6 Å². The summed E-state index contributed by atoms with van der Waals surface area (Å²) in [5.74, 6) is -1.90. The minimum absolute atomic E-state index is 0.109. The summed E-state index contributed by atoms with van der Waals surface area (Å²) in [6.07, 6.45) is 0.801. The maximum absolute atomic E-state index is 11.8. The van der Waals surface area contributed by atoms with Crippen molar-refractivity contribution in [2.75, 3.05) is 37.9 Å². The van der Waals surface area contributed by atoms with Crippen LogP contribution in [0.15, 0.2) is 4.47 Å². The van der Waals surface area contributed by atoms with Gasteiger partial charge in [-0.3, -0.25) is 4.79 Å². The molecule has 0 amide bonds. The number of hydrogen-bond donors (Lipinski definition) is 2. The predicted molar refractivity (Wildman–Crippen MR) is 118 cm³/mol. The van der Waals surface area contributed by atoms with E-state index in [1.54, 1.807) is 0 Å². The van der Waals surface area contributed by atoms with Crippen molar-refractivity contribution < 1.29 is 37.3 Å². The second kappa shape index (κ2) is 9.41. The molecule has 0 unspecified atom stereocenters. The summed E-state index contributed by atoms with van der Waals surface area (Å²) >= 11 is 3.33. The van der Waals surface area contributed by atoms with Gasteiger partial charge in [0.15, 0.2) is 11.8 Å². The molecule has 0 radical (unpaired) electrons. The Bertz CT molecular complexity index is 1050. The number of nitrogens with zero attached hydrogens (tertiary/aromatic N) is 3. The minimum Gasteiger partial charge on any atom is -0.476 e. The number of rotatable bonds is 6. The lowest BCUT2D eigenvalue weighted by molar-refractivity contribution is -0.150. The number of carboxylic acid groups (broad SMARTS) is 1. The standard InChI is InChI=1S/C19H25BrN4O8S/c1-9(25)32-12-8-31-16-11(7-30-17(12)16)14-13(20)15(18(26)27)23-19(22-14)21-10-3-5-24(6-4-10)33(2,28)29/h10-12,16-17H,3-8H2,1-2H3,(H,26,27)(H,21,22,23)/t11-,12+,16-,17+/m1/s1. The summed E-state index contributed by atoms with van der Waals surface area (Å²) in [5, 5.41) is 12.8. The van der Waals surface area contributed by atoms with Crippen molar-refractivity contribution in [3.8, 4) is 0 Å². The molecule has 0 spiro atoms. The smallest absolute Gasteiger partial charge is 0.355 e. The van der Waals surface area contributed by atoms with Crippen LogP contribution in [0, 0.1) is 0 Å². The van der Waals surface area contributed by atoms with Crippen LogP contribution in [0.2, 0.25) is 0 Å². The molecule has 3 aliphatic rings. The van der Waals surface area contributed by atoms with Gasteiger partial charge in [-0.25, -0.2) is 27.5 Å². The first kappa shape index (κ1) is 24.3. The molecule has 0 saturated carbocycles. The molecule has 0 aromatic carbocycles. The topological polar surface area (TPSA) is 157 Å². The molecule has 3 aliphatic heterocycles. The molecule has 4 atom stereocenters. The van der Waals surface area contributed by atoms with Gasteiger partial charge in [-0.05, 0) is 28.8 Å². The van der Waals surface area contributed by atoms with Crippen LogP contribution in [0.4, 0.5) is 5.95 Å². The van der Waals surface area contributed by atoms with Gasteiger partial charge in [-0.15, -0.1) is 0 Å². The van der Waals surface area contributed by atoms with E-state index in [2.05, 4.69) is 31.2 Å². The average molecular weight is 549 g/mol. The van der Waals surface area contributed by atoms with Crippen molar-refractivity contribution in [1.29, 1.82) is 0 Å². The van der Waals surface area contributed by atoms with Gasteiger partial charge in [-0.1, -0.05) is 0 Å². The number of anilines is 1. The number of aromatic nitrogens is 2. The van der Waals surface area contributed by atoms with Crippen molar-refractivity contribution >= 4 is 43.8 Å². The Morgan fingerprint density at radius 1 is 1.18 bits per heavy atom. The maximum atomic E-state index is 11.8. The van der Waals surface area contributed by atoms with Gasteiger partial charge in [0.05, 0.1) is 41.7 Å². The molecule has 0 bridgehead atoms. The first-order valence-corrected chi connectivity index (χ1v) is 13.1. The van der Waals surface area contributed by atoms with Crippen LogP contribution >= 0.6 is 15.9 Å². The SMILES string of the molecule is CC(=O)O[C@H]1CO[C@H]2[C@H]1OC[C@@H]2c1nc(NC2CCN(S(C)(=O)=O)CC2)nc(C(=O)O)c1Br. The Labute approximate surface area is 199 Å². The van der Waals surface area contributed by atoms with Gasteiger partial charge in [-0.2, -0.15) is 0 Å². The van der Waals surface area contributed by atoms with Gasteiger partial charge in [0, 0.05) is 26.1 Å². The van der Waals surface area contributed by atoms with Crippen LogP contribution in [0.5, 0.6) is 0 Å². The molecule has 2 N–H and O–H groups in total. The van der Waals surface area contributed by atoms with Crippen LogP contribution < -0.4 is 5.32 Å². The number of carbonyl (C=O) groups is 2. The lowest BCUT2D eigenvalue weighted by Crippen LogP contribution is -2.42. The number of carbonyl (C=O) groups excluding carboxylic acids is 1. The average Bonchev–Trinajstić information content (AvgIpc) is 3.31. The Hall–Kier alpha value is -1.87. The molecular formula is C19H25BrN4O8S. The molecule has 12 nitrogen and oxygen atoms in total. The molecule has 1 aromatic heterocycles. The highest BCUT2D eigenvalue weighted by atomic mass is 79.9. The van der Waals surface area contributed by atoms with Crippen LogP contribution in [0.1, 0.15) is 41.9 Å². The molecule has 4 rings (SSSR count). The van der Waals surface area contributed by atoms with E-state index in [0.29, 0.717) is 31.6 Å². The third kappa shape index (κ3) is 5.14. The summed E-state index contributed by atoms with van der Waals surface area (Å²) in [7, 11) is -3.25. The third-order valence-corrected chi connectivity index (χ3v) is 8.10. The number of halogens is 1. The van der Waals surface area contributed by atoms with Gasteiger partial charge in [0.1, 0.15) is 6.10 Å². The molecule has 182 valence electrons. The number of esters is 1. The number of carboxylic acids is 1. The van der Waals surface area contributed by atoms with Crippen molar-refractivity contribution in [2.24, 2.45) is 0 Å². The lowest BCUT2D eigenvalue weighted by Gasteiger charge is -2.30. The fraction of sp³-hybridized carbons (Fsp3) is 0.684. The molecular weight excluding hydrogens is 524 g/mol. The first-order valence-electron chi connectivity index (χ1n) is 10.5. The summed E-state index contributed by atoms with van der Waals surface area (Å²) in [6.45, 7) is 2.44. The number of sulfonamides is 1. The summed E-state index contributed by atoms with van der Waals surface area (Å²) < 4.78 is 42.0. The number of ether oxygens (including phenoxy) is 3. The van der Waals surface area contributed by atoms with E-state index in [-0.39, 0.29) is 35.4 Å². The van der Waals surface area contributed by atoms with Crippen molar-refractivity contribution in [3.05, 3.63) is 15.9 Å². The van der Waals surface area contributed by atoms with Crippen molar-refractivity contribution in [1.82, 2.24) is 14.3 Å². The molecule has 4 heterocycles. The highest BCUT2D eigenvalue weighted by Crippen LogP contribution is 2.41. The lowest BCUT2D eigenvalue weighted by atomic mass is 9.97. The fourth-order valence-corrected chi connectivity index (χ4v) is 5.96. The Kier molecular flexibility index (Phi) is 6.92. The van der Waals surface area contributed by atoms with E-state index in [0.717, 1.165) is 0 Å². The van der Waals surface area contributed by atoms with Crippen molar-refractivity contribution in [3.63, 3.8) is 0 Å². The zero-order valence-corrected chi connectivity index (χ0v) is 20.5. The molecule has 0 aliphatic carbocycles. The first-order chi connectivity index (χ1) is 15.5.